The van der Waals surface area contributed by atoms with E-state index in [0.29, 0.717) is 5.75 Å². The molecule has 1 N–H and O–H groups in total. The molecule has 3 rings (SSSR count). The molecule has 0 saturated heterocycles. The highest BCUT2D eigenvalue weighted by Crippen LogP contribution is 2.56. The number of aryl methyl sites for hydroxylation is 1. The molecule has 0 bridgehead atoms. The normalized spacial score (nSPS) is 17.3. The van der Waals surface area contributed by atoms with E-state index in [0.717, 1.165) is 48.7 Å². The van der Waals surface area contributed by atoms with Crippen LogP contribution in [0, 0.1) is 5.92 Å². The SMILES string of the molecule is CCCCCCC1(CCCCCC)Oc2cc(CCC(C)CCCCC)cc(O)c2C2=C1SCC2. The maximum absolute atomic E-state index is 11.2. The van der Waals surface area contributed by atoms with Gasteiger partial charge in [0.15, 0.2) is 0 Å². The van der Waals surface area contributed by atoms with Crippen LogP contribution in [0.2, 0.25) is 0 Å². The molecule has 2 heterocycles. The number of benzene rings is 1. The first-order valence-corrected chi connectivity index (χ1v) is 15.9. The quantitative estimate of drug-likeness (QED) is 0.216. The van der Waals surface area contributed by atoms with Gasteiger partial charge in [-0.1, -0.05) is 91.9 Å². The zero-order chi connectivity index (χ0) is 25.1. The summed E-state index contributed by atoms with van der Waals surface area (Å²) in [7, 11) is 0. The van der Waals surface area contributed by atoms with Crippen LogP contribution in [0.15, 0.2) is 17.0 Å². The van der Waals surface area contributed by atoms with E-state index in [1.807, 2.05) is 17.8 Å². The Morgan fingerprint density at radius 2 is 1.54 bits per heavy atom. The van der Waals surface area contributed by atoms with Crippen LogP contribution < -0.4 is 4.74 Å². The number of hydrogen-bond acceptors (Lipinski definition) is 3. The van der Waals surface area contributed by atoms with E-state index < -0.39 is 0 Å². The highest BCUT2D eigenvalue weighted by atomic mass is 32.2. The Balaban J connectivity index is 1.82. The summed E-state index contributed by atoms with van der Waals surface area (Å²) in [5, 5.41) is 11.2. The van der Waals surface area contributed by atoms with Crippen molar-refractivity contribution >= 4 is 17.3 Å². The first kappa shape index (κ1) is 28.5. The molecule has 0 saturated carbocycles. The first-order chi connectivity index (χ1) is 17.0. The first-order valence-electron chi connectivity index (χ1n) is 15.0. The number of rotatable bonds is 17. The summed E-state index contributed by atoms with van der Waals surface area (Å²) in [5.41, 5.74) is 3.45. The number of ether oxygens (including phenoxy) is 1. The Labute approximate surface area is 220 Å². The Hall–Kier alpha value is -1.09. The van der Waals surface area contributed by atoms with Crippen molar-refractivity contribution in [3.05, 3.63) is 28.2 Å². The smallest absolute Gasteiger partial charge is 0.140 e. The van der Waals surface area contributed by atoms with Gasteiger partial charge in [-0.05, 0) is 74.1 Å². The van der Waals surface area contributed by atoms with Gasteiger partial charge >= 0.3 is 0 Å². The fourth-order valence-corrected chi connectivity index (χ4v) is 7.37. The fraction of sp³-hybridized carbons (Fsp3) is 0.750. The third-order valence-corrected chi connectivity index (χ3v) is 9.44. The predicted octanol–water partition coefficient (Wildman–Crippen LogP) is 10.5. The summed E-state index contributed by atoms with van der Waals surface area (Å²) >= 11 is 2.00. The van der Waals surface area contributed by atoms with Crippen molar-refractivity contribution in [2.24, 2.45) is 5.92 Å². The van der Waals surface area contributed by atoms with Crippen LogP contribution >= 0.6 is 11.8 Å². The highest BCUT2D eigenvalue weighted by Gasteiger charge is 2.45. The third-order valence-electron chi connectivity index (χ3n) is 8.13. The maximum atomic E-state index is 11.2. The van der Waals surface area contributed by atoms with E-state index in [9.17, 15) is 5.11 Å². The van der Waals surface area contributed by atoms with E-state index in [1.54, 1.807) is 0 Å². The van der Waals surface area contributed by atoms with Gasteiger partial charge in [-0.2, -0.15) is 0 Å². The lowest BCUT2D eigenvalue weighted by Gasteiger charge is -2.41. The minimum atomic E-state index is -0.177. The maximum Gasteiger partial charge on any atom is 0.140 e. The van der Waals surface area contributed by atoms with Crippen molar-refractivity contribution in [3.8, 4) is 11.5 Å². The molecule has 1 atom stereocenters. The largest absolute Gasteiger partial charge is 0.507 e. The Bertz CT molecular complexity index is 800. The molecule has 2 nitrogen and oxygen atoms in total. The van der Waals surface area contributed by atoms with Crippen LogP contribution in [0.3, 0.4) is 0 Å². The zero-order valence-electron chi connectivity index (χ0n) is 23.2. The van der Waals surface area contributed by atoms with Crippen LogP contribution in [0.25, 0.3) is 5.57 Å². The minimum Gasteiger partial charge on any atom is -0.507 e. The van der Waals surface area contributed by atoms with Crippen LogP contribution in [0.5, 0.6) is 11.5 Å². The lowest BCUT2D eigenvalue weighted by molar-refractivity contribution is 0.0860. The second-order valence-electron chi connectivity index (χ2n) is 11.3. The molecule has 1 aromatic rings. The average Bonchev–Trinajstić information content (AvgIpc) is 3.34. The van der Waals surface area contributed by atoms with Gasteiger partial charge in [0.25, 0.3) is 0 Å². The number of thioether (sulfide) groups is 1. The molecule has 0 aromatic heterocycles. The third kappa shape index (κ3) is 7.70. The Kier molecular flexibility index (Phi) is 11.9. The molecular weight excluding hydrogens is 448 g/mol. The Morgan fingerprint density at radius 3 is 2.20 bits per heavy atom. The number of fused-ring (bicyclic) bond motifs is 2. The molecule has 35 heavy (non-hydrogen) atoms. The van der Waals surface area contributed by atoms with E-state index in [-0.39, 0.29) is 5.60 Å². The average molecular weight is 501 g/mol. The van der Waals surface area contributed by atoms with E-state index in [2.05, 4.69) is 33.8 Å². The molecule has 0 aliphatic carbocycles. The lowest BCUT2D eigenvalue weighted by Crippen LogP contribution is -2.40. The molecule has 198 valence electrons. The van der Waals surface area contributed by atoms with E-state index >= 15 is 0 Å². The van der Waals surface area contributed by atoms with Gasteiger partial charge in [0.05, 0.1) is 5.56 Å². The second-order valence-corrected chi connectivity index (χ2v) is 12.4. The van der Waals surface area contributed by atoms with E-state index in [1.165, 1.54) is 99.5 Å². The molecule has 0 spiro atoms. The van der Waals surface area contributed by atoms with Crippen LogP contribution in [0.4, 0.5) is 0 Å². The van der Waals surface area contributed by atoms with Crippen LogP contribution in [-0.4, -0.2) is 16.5 Å². The van der Waals surface area contributed by atoms with Gasteiger partial charge in [0.2, 0.25) is 0 Å². The molecule has 1 unspecified atom stereocenters. The summed E-state index contributed by atoms with van der Waals surface area (Å²) in [6.45, 7) is 9.24. The van der Waals surface area contributed by atoms with Crippen molar-refractivity contribution in [1.82, 2.24) is 0 Å². The topological polar surface area (TPSA) is 29.5 Å². The van der Waals surface area contributed by atoms with Crippen molar-refractivity contribution in [2.45, 2.75) is 142 Å². The summed E-state index contributed by atoms with van der Waals surface area (Å²) in [4.78, 5) is 1.45. The van der Waals surface area contributed by atoms with Crippen molar-refractivity contribution in [1.29, 1.82) is 0 Å². The van der Waals surface area contributed by atoms with Gasteiger partial charge in [0, 0.05) is 10.7 Å². The molecule has 0 amide bonds. The number of allylic oxidation sites excluding steroid dienone is 1. The van der Waals surface area contributed by atoms with Gasteiger partial charge in [-0.15, -0.1) is 11.8 Å². The van der Waals surface area contributed by atoms with Crippen molar-refractivity contribution < 1.29 is 9.84 Å². The lowest BCUT2D eigenvalue weighted by atomic mass is 9.82. The summed E-state index contributed by atoms with van der Waals surface area (Å²) < 4.78 is 7.06. The number of phenols is 1. The Morgan fingerprint density at radius 1 is 0.886 bits per heavy atom. The summed E-state index contributed by atoms with van der Waals surface area (Å²) in [6, 6.07) is 4.32. The molecule has 0 fully saturated rings. The number of phenolic OH excluding ortho intramolecular Hbond substituents is 1. The van der Waals surface area contributed by atoms with Crippen molar-refractivity contribution in [2.75, 3.05) is 5.75 Å². The van der Waals surface area contributed by atoms with Gasteiger partial charge < -0.3 is 9.84 Å². The molecule has 2 aliphatic heterocycles. The predicted molar refractivity (Wildman–Crippen MR) is 155 cm³/mol. The zero-order valence-corrected chi connectivity index (χ0v) is 24.0. The fourth-order valence-electron chi connectivity index (χ4n) is 5.97. The van der Waals surface area contributed by atoms with Gasteiger partial charge in [0.1, 0.15) is 17.1 Å². The molecular formula is C32H52O2S. The molecule has 1 aromatic carbocycles. The molecule has 0 radical (unpaired) electrons. The monoisotopic (exact) mass is 500 g/mol. The van der Waals surface area contributed by atoms with Crippen LogP contribution in [0.1, 0.15) is 142 Å². The minimum absolute atomic E-state index is 0.177. The molecule has 3 heteroatoms. The van der Waals surface area contributed by atoms with Crippen molar-refractivity contribution in [3.63, 3.8) is 0 Å². The number of unbranched alkanes of at least 4 members (excludes halogenated alkanes) is 8. The summed E-state index contributed by atoms with van der Waals surface area (Å²) in [5.74, 6) is 3.26. The standard InChI is InChI=1S/C32H52O2S/c1-5-8-11-14-20-32(21-15-12-9-6-2)31-27(19-22-35-31)30-28(33)23-26(24-29(30)34-32)18-17-25(4)16-13-10-7-3/h23-25,33H,5-22H2,1-4H3. The van der Waals surface area contributed by atoms with Crippen LogP contribution in [-0.2, 0) is 6.42 Å². The van der Waals surface area contributed by atoms with Gasteiger partial charge in [-0.3, -0.25) is 0 Å². The number of hydrogen-bond donors (Lipinski definition) is 1. The van der Waals surface area contributed by atoms with E-state index in [4.69, 9.17) is 4.74 Å². The second kappa shape index (κ2) is 14.6. The highest BCUT2D eigenvalue weighted by molar-refractivity contribution is 8.03. The van der Waals surface area contributed by atoms with Gasteiger partial charge in [-0.25, -0.2) is 0 Å². The number of aromatic hydroxyl groups is 1. The summed E-state index contributed by atoms with van der Waals surface area (Å²) in [6.07, 6.45) is 21.0. The molecule has 2 aliphatic rings.